The number of amides is 2. The van der Waals surface area contributed by atoms with E-state index in [4.69, 9.17) is 16.3 Å². The minimum absolute atomic E-state index is 0.0412. The van der Waals surface area contributed by atoms with Crippen LogP contribution in [0.5, 0.6) is 0 Å². The van der Waals surface area contributed by atoms with Crippen LogP contribution in [0.3, 0.4) is 0 Å². The number of carbonyl (C=O) groups is 1. The molecular weight excluding hydrogens is 321 g/mol. The van der Waals surface area contributed by atoms with Crippen molar-refractivity contribution in [2.75, 3.05) is 25.1 Å². The molecule has 0 atom stereocenters. The highest BCUT2D eigenvalue weighted by molar-refractivity contribution is 6.30. The van der Waals surface area contributed by atoms with Crippen molar-refractivity contribution in [3.63, 3.8) is 0 Å². The van der Waals surface area contributed by atoms with Crippen LogP contribution in [0.15, 0.2) is 18.2 Å². The van der Waals surface area contributed by atoms with Gasteiger partial charge in [-0.05, 0) is 37.0 Å². The van der Waals surface area contributed by atoms with Crippen LogP contribution in [-0.2, 0) is 10.9 Å². The Morgan fingerprint density at radius 2 is 2.00 bits per heavy atom. The molecule has 0 aliphatic carbocycles. The molecule has 1 saturated heterocycles. The van der Waals surface area contributed by atoms with Crippen molar-refractivity contribution in [1.82, 2.24) is 5.32 Å². The molecule has 1 fully saturated rings. The maximum atomic E-state index is 12.9. The number of rotatable bonds is 3. The summed E-state index contributed by atoms with van der Waals surface area (Å²) in [5, 5.41) is 4.77. The predicted molar refractivity (Wildman–Crippen MR) is 77.0 cm³/mol. The Morgan fingerprint density at radius 3 is 2.64 bits per heavy atom. The Labute approximate surface area is 131 Å². The minimum atomic E-state index is -4.59. The third-order valence-corrected chi connectivity index (χ3v) is 3.66. The van der Waals surface area contributed by atoms with Gasteiger partial charge in [0, 0.05) is 24.8 Å². The van der Waals surface area contributed by atoms with Crippen molar-refractivity contribution < 1.29 is 22.7 Å². The molecule has 1 aliphatic heterocycles. The summed E-state index contributed by atoms with van der Waals surface area (Å²) in [7, 11) is 0. The predicted octanol–water partition coefficient (Wildman–Crippen LogP) is 3.91. The molecular formula is C14H16ClF3N2O2. The number of halogens is 4. The Morgan fingerprint density at radius 1 is 1.32 bits per heavy atom. The summed E-state index contributed by atoms with van der Waals surface area (Å²) >= 11 is 5.58. The van der Waals surface area contributed by atoms with E-state index in [1.54, 1.807) is 0 Å². The Balaban J connectivity index is 1.96. The van der Waals surface area contributed by atoms with Gasteiger partial charge in [0.2, 0.25) is 0 Å². The first-order valence-corrected chi connectivity index (χ1v) is 7.23. The van der Waals surface area contributed by atoms with Gasteiger partial charge in [-0.15, -0.1) is 0 Å². The lowest BCUT2D eigenvalue weighted by Gasteiger charge is -2.22. The molecule has 0 saturated carbocycles. The molecule has 1 aliphatic rings. The number of hydrogen-bond acceptors (Lipinski definition) is 2. The van der Waals surface area contributed by atoms with Gasteiger partial charge in [0.25, 0.3) is 0 Å². The molecule has 0 aromatic heterocycles. The van der Waals surface area contributed by atoms with Crippen LogP contribution in [0.4, 0.5) is 23.7 Å². The third-order valence-electron chi connectivity index (χ3n) is 3.43. The van der Waals surface area contributed by atoms with Gasteiger partial charge in [-0.2, -0.15) is 13.2 Å². The van der Waals surface area contributed by atoms with E-state index in [1.807, 2.05) is 0 Å². The zero-order chi connectivity index (χ0) is 16.2. The summed E-state index contributed by atoms with van der Waals surface area (Å²) < 4.78 is 43.9. The summed E-state index contributed by atoms with van der Waals surface area (Å²) in [6, 6.07) is 2.55. The standard InChI is InChI=1S/C14H16ClF3N2O2/c15-10-1-2-12(11(7-10)14(16,17)18)20-13(21)19-8-9-3-5-22-6-4-9/h1-2,7,9H,3-6,8H2,(H2,19,20,21). The molecule has 4 nitrogen and oxygen atoms in total. The van der Waals surface area contributed by atoms with E-state index in [9.17, 15) is 18.0 Å². The van der Waals surface area contributed by atoms with E-state index in [-0.39, 0.29) is 16.6 Å². The summed E-state index contributed by atoms with van der Waals surface area (Å²) in [6.07, 6.45) is -2.93. The lowest BCUT2D eigenvalue weighted by molar-refractivity contribution is -0.136. The van der Waals surface area contributed by atoms with Gasteiger partial charge < -0.3 is 15.4 Å². The number of anilines is 1. The van der Waals surface area contributed by atoms with Crippen molar-refractivity contribution in [1.29, 1.82) is 0 Å². The molecule has 2 amide bonds. The van der Waals surface area contributed by atoms with Crippen LogP contribution in [0.25, 0.3) is 0 Å². The summed E-state index contributed by atoms with van der Waals surface area (Å²) in [6.45, 7) is 1.69. The SMILES string of the molecule is O=C(NCC1CCOCC1)Nc1ccc(Cl)cc1C(F)(F)F. The maximum absolute atomic E-state index is 12.9. The third kappa shape index (κ3) is 4.78. The summed E-state index contributed by atoms with van der Waals surface area (Å²) in [4.78, 5) is 11.8. The van der Waals surface area contributed by atoms with Gasteiger partial charge in [-0.3, -0.25) is 0 Å². The number of nitrogens with one attached hydrogen (secondary N) is 2. The van der Waals surface area contributed by atoms with Crippen molar-refractivity contribution in [3.8, 4) is 0 Å². The van der Waals surface area contributed by atoms with Crippen molar-refractivity contribution >= 4 is 23.3 Å². The fourth-order valence-electron chi connectivity index (χ4n) is 2.21. The van der Waals surface area contributed by atoms with E-state index in [2.05, 4.69) is 10.6 Å². The Hall–Kier alpha value is -1.47. The minimum Gasteiger partial charge on any atom is -0.381 e. The van der Waals surface area contributed by atoms with E-state index in [0.717, 1.165) is 25.0 Å². The highest BCUT2D eigenvalue weighted by Crippen LogP contribution is 2.36. The molecule has 1 aromatic carbocycles. The molecule has 0 radical (unpaired) electrons. The van der Waals surface area contributed by atoms with Gasteiger partial charge in [-0.1, -0.05) is 11.6 Å². The van der Waals surface area contributed by atoms with E-state index in [0.29, 0.717) is 19.8 Å². The van der Waals surface area contributed by atoms with Gasteiger partial charge >= 0.3 is 12.2 Å². The fourth-order valence-corrected chi connectivity index (χ4v) is 2.39. The quantitative estimate of drug-likeness (QED) is 0.879. The number of hydrogen-bond donors (Lipinski definition) is 2. The zero-order valence-corrected chi connectivity index (χ0v) is 12.4. The number of alkyl halides is 3. The topological polar surface area (TPSA) is 50.4 Å². The number of carbonyl (C=O) groups excluding carboxylic acids is 1. The summed E-state index contributed by atoms with van der Waals surface area (Å²) in [5.41, 5.74) is -1.29. The largest absolute Gasteiger partial charge is 0.418 e. The molecule has 0 bridgehead atoms. The van der Waals surface area contributed by atoms with E-state index >= 15 is 0 Å². The molecule has 2 rings (SSSR count). The number of ether oxygens (including phenoxy) is 1. The van der Waals surface area contributed by atoms with E-state index in [1.165, 1.54) is 6.07 Å². The molecule has 22 heavy (non-hydrogen) atoms. The molecule has 1 aromatic rings. The first kappa shape index (κ1) is 16.9. The van der Waals surface area contributed by atoms with Crippen LogP contribution in [0, 0.1) is 5.92 Å². The Kier molecular flexibility index (Phi) is 5.52. The molecule has 8 heteroatoms. The Bertz CT molecular complexity index is 531. The highest BCUT2D eigenvalue weighted by atomic mass is 35.5. The average molecular weight is 337 g/mol. The lowest BCUT2D eigenvalue weighted by atomic mass is 10.0. The normalized spacial score (nSPS) is 16.4. The maximum Gasteiger partial charge on any atom is 0.418 e. The molecule has 0 spiro atoms. The summed E-state index contributed by atoms with van der Waals surface area (Å²) in [5.74, 6) is 0.284. The number of benzene rings is 1. The van der Waals surface area contributed by atoms with Crippen molar-refractivity contribution in [2.24, 2.45) is 5.92 Å². The monoisotopic (exact) mass is 336 g/mol. The van der Waals surface area contributed by atoms with E-state index < -0.39 is 17.8 Å². The van der Waals surface area contributed by atoms with Crippen molar-refractivity contribution in [2.45, 2.75) is 19.0 Å². The van der Waals surface area contributed by atoms with Gasteiger partial charge in [0.1, 0.15) is 0 Å². The van der Waals surface area contributed by atoms with Crippen LogP contribution >= 0.6 is 11.6 Å². The average Bonchev–Trinajstić information content (AvgIpc) is 2.47. The second kappa shape index (κ2) is 7.19. The second-order valence-electron chi connectivity index (χ2n) is 5.08. The number of urea groups is 1. The van der Waals surface area contributed by atoms with Gasteiger partial charge in [-0.25, -0.2) is 4.79 Å². The van der Waals surface area contributed by atoms with Crippen LogP contribution < -0.4 is 10.6 Å². The molecule has 1 heterocycles. The van der Waals surface area contributed by atoms with Crippen LogP contribution in [0.2, 0.25) is 5.02 Å². The van der Waals surface area contributed by atoms with Gasteiger partial charge in [0.15, 0.2) is 0 Å². The zero-order valence-electron chi connectivity index (χ0n) is 11.7. The molecule has 122 valence electrons. The molecule has 0 unspecified atom stereocenters. The molecule has 2 N–H and O–H groups in total. The lowest BCUT2D eigenvalue weighted by Crippen LogP contribution is -2.35. The van der Waals surface area contributed by atoms with Gasteiger partial charge in [0.05, 0.1) is 11.3 Å². The van der Waals surface area contributed by atoms with Crippen LogP contribution in [0.1, 0.15) is 18.4 Å². The first-order chi connectivity index (χ1) is 10.4. The fraction of sp³-hybridized carbons (Fsp3) is 0.500. The smallest absolute Gasteiger partial charge is 0.381 e. The highest BCUT2D eigenvalue weighted by Gasteiger charge is 2.34. The van der Waals surface area contributed by atoms with Crippen LogP contribution in [-0.4, -0.2) is 25.8 Å². The van der Waals surface area contributed by atoms with Crippen molar-refractivity contribution in [3.05, 3.63) is 28.8 Å². The second-order valence-corrected chi connectivity index (χ2v) is 5.51. The first-order valence-electron chi connectivity index (χ1n) is 6.85.